The van der Waals surface area contributed by atoms with Crippen molar-refractivity contribution in [3.8, 4) is 5.75 Å². The van der Waals surface area contributed by atoms with Crippen LogP contribution in [0, 0.1) is 0 Å². The number of rotatable bonds is 6. The van der Waals surface area contributed by atoms with E-state index >= 15 is 0 Å². The Labute approximate surface area is 159 Å². The van der Waals surface area contributed by atoms with E-state index in [1.54, 1.807) is 29.2 Å². The van der Waals surface area contributed by atoms with Gasteiger partial charge < -0.3 is 19.7 Å². The molecule has 142 valence electrons. The van der Waals surface area contributed by atoms with Crippen molar-refractivity contribution < 1.29 is 19.1 Å². The predicted octanol–water partition coefficient (Wildman–Crippen LogP) is 2.74. The third-order valence-electron chi connectivity index (χ3n) is 4.39. The molecule has 3 rings (SSSR count). The number of aryl methyl sites for hydroxylation is 1. The Hall–Kier alpha value is -2.86. The van der Waals surface area contributed by atoms with E-state index in [2.05, 4.69) is 12.2 Å². The van der Waals surface area contributed by atoms with Gasteiger partial charge in [-0.1, -0.05) is 25.1 Å². The number of amides is 2. The first kappa shape index (κ1) is 18.9. The summed E-state index contributed by atoms with van der Waals surface area (Å²) in [5.41, 5.74) is 2.34. The molecule has 1 heterocycles. The maximum atomic E-state index is 12.5. The van der Waals surface area contributed by atoms with E-state index in [1.165, 1.54) is 5.56 Å². The van der Waals surface area contributed by atoms with E-state index < -0.39 is 0 Å². The van der Waals surface area contributed by atoms with Crippen LogP contribution in [0.15, 0.2) is 48.5 Å². The average molecular weight is 368 g/mol. The van der Waals surface area contributed by atoms with Crippen molar-refractivity contribution in [2.45, 2.75) is 13.3 Å². The van der Waals surface area contributed by atoms with E-state index in [4.69, 9.17) is 9.47 Å². The fourth-order valence-electron chi connectivity index (χ4n) is 2.85. The Morgan fingerprint density at radius 1 is 1.11 bits per heavy atom. The van der Waals surface area contributed by atoms with Crippen LogP contribution >= 0.6 is 0 Å². The molecule has 2 aromatic rings. The summed E-state index contributed by atoms with van der Waals surface area (Å²) < 4.78 is 10.8. The summed E-state index contributed by atoms with van der Waals surface area (Å²) >= 11 is 0. The predicted molar refractivity (Wildman–Crippen MR) is 103 cm³/mol. The molecular weight excluding hydrogens is 344 g/mol. The molecule has 0 saturated carbocycles. The molecule has 6 heteroatoms. The van der Waals surface area contributed by atoms with Crippen molar-refractivity contribution in [3.05, 3.63) is 59.7 Å². The molecule has 0 radical (unpaired) electrons. The Balaban J connectivity index is 1.55. The molecule has 2 aromatic carbocycles. The third kappa shape index (κ3) is 5.31. The SMILES string of the molecule is CCc1ccc(OCC(=O)Nc2cccc(C(=O)N3CCOCC3)c2)cc1. The monoisotopic (exact) mass is 368 g/mol. The van der Waals surface area contributed by atoms with Gasteiger partial charge >= 0.3 is 0 Å². The van der Waals surface area contributed by atoms with Crippen LogP contribution in [-0.2, 0) is 16.0 Å². The molecule has 27 heavy (non-hydrogen) atoms. The number of hydrogen-bond donors (Lipinski definition) is 1. The lowest BCUT2D eigenvalue weighted by molar-refractivity contribution is -0.118. The molecule has 0 atom stereocenters. The van der Waals surface area contributed by atoms with Crippen LogP contribution in [-0.4, -0.2) is 49.6 Å². The summed E-state index contributed by atoms with van der Waals surface area (Å²) in [6, 6.07) is 14.6. The summed E-state index contributed by atoms with van der Waals surface area (Å²) in [7, 11) is 0. The molecule has 2 amide bonds. The number of ether oxygens (including phenoxy) is 2. The zero-order valence-corrected chi connectivity index (χ0v) is 15.4. The van der Waals surface area contributed by atoms with Gasteiger partial charge in [0.2, 0.25) is 0 Å². The average Bonchev–Trinajstić information content (AvgIpc) is 2.73. The minimum Gasteiger partial charge on any atom is -0.484 e. The third-order valence-corrected chi connectivity index (χ3v) is 4.39. The second-order valence-electron chi connectivity index (χ2n) is 6.32. The minimum atomic E-state index is -0.273. The molecule has 0 spiro atoms. The molecule has 1 N–H and O–H groups in total. The van der Waals surface area contributed by atoms with Crippen LogP contribution < -0.4 is 10.1 Å². The molecule has 1 aliphatic rings. The van der Waals surface area contributed by atoms with Crippen molar-refractivity contribution in [2.75, 3.05) is 38.2 Å². The standard InChI is InChI=1S/C21H24N2O4/c1-2-16-6-8-19(9-7-16)27-15-20(24)22-18-5-3-4-17(14-18)21(25)23-10-12-26-13-11-23/h3-9,14H,2,10-13,15H2,1H3,(H,22,24). The summed E-state index contributed by atoms with van der Waals surface area (Å²) in [6.45, 7) is 4.27. The number of benzene rings is 2. The molecule has 1 fully saturated rings. The number of nitrogens with one attached hydrogen (secondary N) is 1. The maximum absolute atomic E-state index is 12.5. The summed E-state index contributed by atoms with van der Waals surface area (Å²) in [5, 5.41) is 2.77. The van der Waals surface area contributed by atoms with Crippen LogP contribution in [0.3, 0.4) is 0 Å². The Bertz CT molecular complexity index is 783. The smallest absolute Gasteiger partial charge is 0.262 e. The second-order valence-corrected chi connectivity index (χ2v) is 6.32. The maximum Gasteiger partial charge on any atom is 0.262 e. The fraction of sp³-hybridized carbons (Fsp3) is 0.333. The van der Waals surface area contributed by atoms with Crippen LogP contribution in [0.25, 0.3) is 0 Å². The van der Waals surface area contributed by atoms with Gasteiger partial charge in [0.25, 0.3) is 11.8 Å². The summed E-state index contributed by atoms with van der Waals surface area (Å²) in [6.07, 6.45) is 0.959. The number of hydrogen-bond acceptors (Lipinski definition) is 4. The minimum absolute atomic E-state index is 0.0540. The number of carbonyl (C=O) groups excluding carboxylic acids is 2. The van der Waals surface area contributed by atoms with Crippen LogP contribution in [0.5, 0.6) is 5.75 Å². The lowest BCUT2D eigenvalue weighted by Gasteiger charge is -2.27. The molecular formula is C21H24N2O4. The van der Waals surface area contributed by atoms with Gasteiger partial charge in [-0.05, 0) is 42.3 Å². The lowest BCUT2D eigenvalue weighted by atomic mass is 10.1. The Kier molecular flexibility index (Phi) is 6.44. The Morgan fingerprint density at radius 2 is 1.85 bits per heavy atom. The highest BCUT2D eigenvalue weighted by atomic mass is 16.5. The molecule has 0 aromatic heterocycles. The van der Waals surface area contributed by atoms with Crippen LogP contribution in [0.4, 0.5) is 5.69 Å². The quantitative estimate of drug-likeness (QED) is 0.851. The van der Waals surface area contributed by atoms with E-state index in [-0.39, 0.29) is 18.4 Å². The van der Waals surface area contributed by atoms with Crippen LogP contribution in [0.1, 0.15) is 22.8 Å². The van der Waals surface area contributed by atoms with E-state index in [9.17, 15) is 9.59 Å². The van der Waals surface area contributed by atoms with E-state index in [0.717, 1.165) is 6.42 Å². The van der Waals surface area contributed by atoms with Gasteiger partial charge in [0.15, 0.2) is 6.61 Å². The van der Waals surface area contributed by atoms with Gasteiger partial charge in [0.1, 0.15) is 5.75 Å². The van der Waals surface area contributed by atoms with Crippen molar-refractivity contribution in [2.24, 2.45) is 0 Å². The zero-order chi connectivity index (χ0) is 19.1. The molecule has 0 unspecified atom stereocenters. The van der Waals surface area contributed by atoms with Gasteiger partial charge in [-0.15, -0.1) is 0 Å². The van der Waals surface area contributed by atoms with Gasteiger partial charge in [-0.25, -0.2) is 0 Å². The fourth-order valence-corrected chi connectivity index (χ4v) is 2.85. The highest BCUT2D eigenvalue weighted by molar-refractivity contribution is 5.97. The molecule has 1 saturated heterocycles. The van der Waals surface area contributed by atoms with Gasteiger partial charge in [-0.2, -0.15) is 0 Å². The van der Waals surface area contributed by atoms with Crippen molar-refractivity contribution >= 4 is 17.5 Å². The molecule has 1 aliphatic heterocycles. The van der Waals surface area contributed by atoms with Crippen molar-refractivity contribution in [1.29, 1.82) is 0 Å². The topological polar surface area (TPSA) is 67.9 Å². The number of carbonyl (C=O) groups is 2. The van der Waals surface area contributed by atoms with Crippen molar-refractivity contribution in [1.82, 2.24) is 4.90 Å². The normalized spacial score (nSPS) is 13.9. The summed E-state index contributed by atoms with van der Waals surface area (Å²) in [4.78, 5) is 26.4. The highest BCUT2D eigenvalue weighted by Gasteiger charge is 2.18. The molecule has 0 aliphatic carbocycles. The largest absolute Gasteiger partial charge is 0.484 e. The Morgan fingerprint density at radius 3 is 2.56 bits per heavy atom. The first-order valence-electron chi connectivity index (χ1n) is 9.14. The molecule has 0 bridgehead atoms. The number of anilines is 1. The van der Waals surface area contributed by atoms with Gasteiger partial charge in [0.05, 0.1) is 13.2 Å². The number of nitrogens with zero attached hydrogens (tertiary/aromatic N) is 1. The van der Waals surface area contributed by atoms with Gasteiger partial charge in [-0.3, -0.25) is 9.59 Å². The molecule has 6 nitrogen and oxygen atoms in total. The highest BCUT2D eigenvalue weighted by Crippen LogP contribution is 2.15. The zero-order valence-electron chi connectivity index (χ0n) is 15.4. The van der Waals surface area contributed by atoms with E-state index in [0.29, 0.717) is 43.3 Å². The second kappa shape index (κ2) is 9.19. The van der Waals surface area contributed by atoms with Gasteiger partial charge in [0, 0.05) is 24.3 Å². The van der Waals surface area contributed by atoms with Crippen LogP contribution in [0.2, 0.25) is 0 Å². The van der Waals surface area contributed by atoms with E-state index in [1.807, 2.05) is 24.3 Å². The number of morpholine rings is 1. The first-order chi connectivity index (χ1) is 13.2. The lowest BCUT2D eigenvalue weighted by Crippen LogP contribution is -2.40. The first-order valence-corrected chi connectivity index (χ1v) is 9.14. The summed E-state index contributed by atoms with van der Waals surface area (Å²) in [5.74, 6) is 0.325. The van der Waals surface area contributed by atoms with Crippen molar-refractivity contribution in [3.63, 3.8) is 0 Å².